The molecule has 1 heterocycles. The Morgan fingerprint density at radius 1 is 1.17 bits per heavy atom. The van der Waals surface area contributed by atoms with Gasteiger partial charge in [0, 0.05) is 19.1 Å². The normalized spacial score (nSPS) is 23.1. The molecular formula is C12H27N3O2S. The van der Waals surface area contributed by atoms with Crippen molar-refractivity contribution in [2.24, 2.45) is 0 Å². The summed E-state index contributed by atoms with van der Waals surface area (Å²) in [5.41, 5.74) is 0. The van der Waals surface area contributed by atoms with E-state index in [1.807, 2.05) is 7.05 Å². The first kappa shape index (κ1) is 15.9. The summed E-state index contributed by atoms with van der Waals surface area (Å²) in [6.45, 7) is 3.97. The fourth-order valence-electron chi connectivity index (χ4n) is 2.21. The van der Waals surface area contributed by atoms with Gasteiger partial charge in [-0.2, -0.15) is 0 Å². The molecule has 1 N–H and O–H groups in total. The number of sulfone groups is 1. The third-order valence-electron chi connectivity index (χ3n) is 3.43. The Bertz CT molecular complexity index is 330. The molecule has 0 aromatic carbocycles. The van der Waals surface area contributed by atoms with Gasteiger partial charge in [0.1, 0.15) is 0 Å². The molecule has 1 aliphatic heterocycles. The molecule has 1 unspecified atom stereocenters. The van der Waals surface area contributed by atoms with Gasteiger partial charge in [-0.1, -0.05) is 0 Å². The highest BCUT2D eigenvalue weighted by molar-refractivity contribution is 7.91. The number of rotatable bonds is 8. The van der Waals surface area contributed by atoms with Crippen LogP contribution >= 0.6 is 0 Å². The van der Waals surface area contributed by atoms with Gasteiger partial charge in [-0.3, -0.25) is 0 Å². The molecule has 0 saturated carbocycles. The van der Waals surface area contributed by atoms with Crippen LogP contribution in [0.4, 0.5) is 0 Å². The fraction of sp³-hybridized carbons (Fsp3) is 1.00. The van der Waals surface area contributed by atoms with Crippen LogP contribution in [0.1, 0.15) is 12.8 Å². The minimum absolute atomic E-state index is 0.221. The average molecular weight is 277 g/mol. The molecule has 108 valence electrons. The minimum Gasteiger partial charge on any atom is -0.315 e. The van der Waals surface area contributed by atoms with E-state index in [4.69, 9.17) is 0 Å². The Labute approximate surface area is 111 Å². The SMILES string of the molecule is CN(C)CCCNCCN(C)C1CCS(=O)(=O)C1. The van der Waals surface area contributed by atoms with Gasteiger partial charge in [0.15, 0.2) is 9.84 Å². The van der Waals surface area contributed by atoms with Crippen molar-refractivity contribution in [1.29, 1.82) is 0 Å². The zero-order valence-corrected chi connectivity index (χ0v) is 12.7. The molecule has 0 aromatic rings. The Hall–Kier alpha value is -0.170. The highest BCUT2D eigenvalue weighted by atomic mass is 32.2. The summed E-state index contributed by atoms with van der Waals surface area (Å²) in [6, 6.07) is 0.221. The lowest BCUT2D eigenvalue weighted by atomic mass is 10.2. The van der Waals surface area contributed by atoms with Crippen LogP contribution in [0, 0.1) is 0 Å². The van der Waals surface area contributed by atoms with E-state index < -0.39 is 9.84 Å². The molecule has 0 spiro atoms. The average Bonchev–Trinajstić information content (AvgIpc) is 2.63. The summed E-state index contributed by atoms with van der Waals surface area (Å²) < 4.78 is 22.8. The molecule has 1 rings (SSSR count). The van der Waals surface area contributed by atoms with Crippen LogP contribution in [-0.2, 0) is 9.84 Å². The van der Waals surface area contributed by atoms with E-state index in [-0.39, 0.29) is 6.04 Å². The zero-order chi connectivity index (χ0) is 13.6. The molecule has 5 nitrogen and oxygen atoms in total. The molecule has 0 aromatic heterocycles. The molecular weight excluding hydrogens is 250 g/mol. The van der Waals surface area contributed by atoms with Crippen molar-refractivity contribution in [3.05, 3.63) is 0 Å². The molecule has 1 saturated heterocycles. The smallest absolute Gasteiger partial charge is 0.151 e. The van der Waals surface area contributed by atoms with Crippen molar-refractivity contribution in [2.45, 2.75) is 18.9 Å². The molecule has 1 fully saturated rings. The summed E-state index contributed by atoms with van der Waals surface area (Å²) in [5, 5.41) is 3.40. The highest BCUT2D eigenvalue weighted by Gasteiger charge is 2.30. The first-order chi connectivity index (χ1) is 8.41. The summed E-state index contributed by atoms with van der Waals surface area (Å²) in [7, 11) is 3.42. The molecule has 0 radical (unpaired) electrons. The lowest BCUT2D eigenvalue weighted by Gasteiger charge is -2.23. The lowest BCUT2D eigenvalue weighted by molar-refractivity contribution is 0.261. The van der Waals surface area contributed by atoms with Crippen molar-refractivity contribution in [3.63, 3.8) is 0 Å². The van der Waals surface area contributed by atoms with E-state index in [2.05, 4.69) is 29.2 Å². The topological polar surface area (TPSA) is 52.6 Å². The van der Waals surface area contributed by atoms with Gasteiger partial charge in [0.25, 0.3) is 0 Å². The fourth-order valence-corrected chi connectivity index (χ4v) is 4.01. The summed E-state index contributed by atoms with van der Waals surface area (Å²) in [5.74, 6) is 0.697. The first-order valence-electron chi connectivity index (χ1n) is 6.67. The molecule has 0 aliphatic carbocycles. The van der Waals surface area contributed by atoms with Gasteiger partial charge in [0.2, 0.25) is 0 Å². The van der Waals surface area contributed by atoms with Crippen molar-refractivity contribution in [1.82, 2.24) is 15.1 Å². The molecule has 1 aliphatic rings. The Morgan fingerprint density at radius 2 is 1.89 bits per heavy atom. The van der Waals surface area contributed by atoms with E-state index in [1.165, 1.54) is 0 Å². The van der Waals surface area contributed by atoms with E-state index >= 15 is 0 Å². The van der Waals surface area contributed by atoms with Crippen molar-refractivity contribution >= 4 is 9.84 Å². The van der Waals surface area contributed by atoms with E-state index in [0.29, 0.717) is 11.5 Å². The maximum atomic E-state index is 11.4. The number of likely N-dealkylation sites (N-methyl/N-ethyl adjacent to an activating group) is 1. The van der Waals surface area contributed by atoms with Crippen molar-refractivity contribution in [2.75, 3.05) is 58.8 Å². The van der Waals surface area contributed by atoms with E-state index in [1.54, 1.807) is 0 Å². The lowest BCUT2D eigenvalue weighted by Crippen LogP contribution is -2.38. The second-order valence-electron chi connectivity index (χ2n) is 5.44. The van der Waals surface area contributed by atoms with Gasteiger partial charge in [-0.05, 0) is 47.1 Å². The quantitative estimate of drug-likeness (QED) is 0.615. The molecule has 6 heteroatoms. The summed E-state index contributed by atoms with van der Waals surface area (Å²) in [6.07, 6.45) is 1.94. The van der Waals surface area contributed by atoms with Gasteiger partial charge >= 0.3 is 0 Å². The van der Waals surface area contributed by atoms with E-state index in [9.17, 15) is 8.42 Å². The van der Waals surface area contributed by atoms with Crippen LogP contribution in [0.3, 0.4) is 0 Å². The summed E-state index contributed by atoms with van der Waals surface area (Å²) in [4.78, 5) is 4.35. The second kappa shape index (κ2) is 7.43. The van der Waals surface area contributed by atoms with E-state index in [0.717, 1.165) is 39.0 Å². The van der Waals surface area contributed by atoms with Crippen LogP contribution in [0.2, 0.25) is 0 Å². The Balaban J connectivity index is 2.06. The van der Waals surface area contributed by atoms with Crippen LogP contribution in [0.15, 0.2) is 0 Å². The highest BCUT2D eigenvalue weighted by Crippen LogP contribution is 2.15. The van der Waals surface area contributed by atoms with Gasteiger partial charge in [-0.25, -0.2) is 8.42 Å². The summed E-state index contributed by atoms with van der Waals surface area (Å²) >= 11 is 0. The number of nitrogens with one attached hydrogen (secondary N) is 1. The van der Waals surface area contributed by atoms with Crippen LogP contribution < -0.4 is 5.32 Å². The van der Waals surface area contributed by atoms with Crippen molar-refractivity contribution in [3.8, 4) is 0 Å². The van der Waals surface area contributed by atoms with Gasteiger partial charge in [0.05, 0.1) is 11.5 Å². The largest absolute Gasteiger partial charge is 0.315 e. The number of nitrogens with zero attached hydrogens (tertiary/aromatic N) is 2. The van der Waals surface area contributed by atoms with Crippen molar-refractivity contribution < 1.29 is 8.42 Å². The molecule has 18 heavy (non-hydrogen) atoms. The standard InChI is InChI=1S/C12H27N3O2S/c1-14(2)8-4-6-13-7-9-15(3)12-5-10-18(16,17)11-12/h12-13H,4-11H2,1-3H3. The zero-order valence-electron chi connectivity index (χ0n) is 11.9. The Morgan fingerprint density at radius 3 is 2.44 bits per heavy atom. The Kier molecular flexibility index (Phi) is 6.55. The number of hydrogen-bond donors (Lipinski definition) is 1. The molecule has 1 atom stereocenters. The monoisotopic (exact) mass is 277 g/mol. The third kappa shape index (κ3) is 6.13. The maximum absolute atomic E-state index is 11.4. The second-order valence-corrected chi connectivity index (χ2v) is 7.67. The molecule has 0 bridgehead atoms. The van der Waals surface area contributed by atoms with Gasteiger partial charge < -0.3 is 15.1 Å². The molecule has 0 amide bonds. The van der Waals surface area contributed by atoms with Gasteiger partial charge in [-0.15, -0.1) is 0 Å². The maximum Gasteiger partial charge on any atom is 0.151 e. The van der Waals surface area contributed by atoms with Crippen LogP contribution in [0.5, 0.6) is 0 Å². The number of hydrogen-bond acceptors (Lipinski definition) is 5. The van der Waals surface area contributed by atoms with Crippen LogP contribution in [-0.4, -0.2) is 83.1 Å². The van der Waals surface area contributed by atoms with Crippen LogP contribution in [0.25, 0.3) is 0 Å². The first-order valence-corrected chi connectivity index (χ1v) is 8.49. The predicted molar refractivity (Wildman–Crippen MR) is 75.7 cm³/mol. The predicted octanol–water partition coefficient (Wildman–Crippen LogP) is -0.353. The third-order valence-corrected chi connectivity index (χ3v) is 5.18. The minimum atomic E-state index is -2.76.